The largest absolute Gasteiger partial charge is 0.487 e. The molecule has 0 aromatic heterocycles. The van der Waals surface area contributed by atoms with E-state index in [0.29, 0.717) is 13.0 Å². The Kier molecular flexibility index (Phi) is 6.87. The van der Waals surface area contributed by atoms with E-state index in [4.69, 9.17) is 4.74 Å². The molecule has 2 amide bonds. The Morgan fingerprint density at radius 1 is 1.00 bits per heavy atom. The number of hydrogen-bond acceptors (Lipinski definition) is 4. The average Bonchev–Trinajstić information content (AvgIpc) is 3.30. The molecule has 2 fully saturated rings. The van der Waals surface area contributed by atoms with Crippen molar-refractivity contribution < 1.29 is 27.8 Å². The fraction of sp³-hybridized carbons (Fsp3) is 0.417. The summed E-state index contributed by atoms with van der Waals surface area (Å²) in [6.07, 6.45) is 4.88. The molecule has 1 saturated carbocycles. The third kappa shape index (κ3) is 5.18. The van der Waals surface area contributed by atoms with E-state index in [-0.39, 0.29) is 29.1 Å². The van der Waals surface area contributed by atoms with E-state index in [1.165, 1.54) is 18.2 Å². The third-order valence-corrected chi connectivity index (χ3v) is 5.83. The summed E-state index contributed by atoms with van der Waals surface area (Å²) in [7, 11) is 0. The van der Waals surface area contributed by atoms with Gasteiger partial charge in [-0.1, -0.05) is 18.2 Å². The first kappa shape index (κ1) is 22.0. The molecule has 0 unspecified atom stereocenters. The van der Waals surface area contributed by atoms with Crippen molar-refractivity contribution >= 4 is 17.5 Å². The molecule has 0 radical (unpaired) electrons. The number of carbonyl (C=O) groups excluding carboxylic acids is 2. The Morgan fingerprint density at radius 3 is 2.47 bits per heavy atom. The van der Waals surface area contributed by atoms with E-state index >= 15 is 0 Å². The summed E-state index contributed by atoms with van der Waals surface area (Å²) in [5.41, 5.74) is 1.02. The van der Waals surface area contributed by atoms with Gasteiger partial charge in [0.2, 0.25) is 5.91 Å². The Hall–Kier alpha value is -3.16. The molecule has 1 heterocycles. The van der Waals surface area contributed by atoms with Crippen molar-refractivity contribution in [2.75, 3.05) is 11.4 Å². The minimum atomic E-state index is -3.00. The Bertz CT molecular complexity index is 948. The van der Waals surface area contributed by atoms with E-state index in [1.807, 2.05) is 30.3 Å². The van der Waals surface area contributed by atoms with Gasteiger partial charge in [0.05, 0.1) is 6.10 Å². The van der Waals surface area contributed by atoms with E-state index in [9.17, 15) is 18.4 Å². The van der Waals surface area contributed by atoms with E-state index in [0.717, 1.165) is 37.8 Å². The standard InChI is InChI=1S/C24H26F2N2O4/c25-24(26)32-20-13-12-16(15-21(20)31-18-9-4-5-10-18)22(29)27-19-11-6-14-28(23(19)30)17-7-2-1-3-8-17/h1-3,7-8,12-13,15,18-19,24H,4-6,9-11,14H2,(H,27,29)/t19-/m0/s1. The molecule has 4 rings (SSSR count). The molecule has 1 aliphatic carbocycles. The number of para-hydroxylation sites is 1. The highest BCUT2D eigenvalue weighted by atomic mass is 19.3. The number of piperidine rings is 1. The zero-order valence-electron chi connectivity index (χ0n) is 17.6. The summed E-state index contributed by atoms with van der Waals surface area (Å²) < 4.78 is 36.0. The number of rotatable bonds is 7. The lowest BCUT2D eigenvalue weighted by Gasteiger charge is -2.32. The molecule has 1 atom stereocenters. The molecule has 1 N–H and O–H groups in total. The minimum Gasteiger partial charge on any atom is -0.487 e. The fourth-order valence-corrected chi connectivity index (χ4v) is 4.24. The second-order valence-electron chi connectivity index (χ2n) is 8.06. The van der Waals surface area contributed by atoms with Crippen LogP contribution in [0.2, 0.25) is 0 Å². The van der Waals surface area contributed by atoms with Crippen LogP contribution in [0.3, 0.4) is 0 Å². The topological polar surface area (TPSA) is 67.9 Å². The fourth-order valence-electron chi connectivity index (χ4n) is 4.24. The van der Waals surface area contributed by atoms with Crippen LogP contribution in [0, 0.1) is 0 Å². The van der Waals surface area contributed by atoms with Gasteiger partial charge in [-0.25, -0.2) is 0 Å². The molecule has 8 heteroatoms. The van der Waals surface area contributed by atoms with Gasteiger partial charge >= 0.3 is 6.61 Å². The highest BCUT2D eigenvalue weighted by molar-refractivity contribution is 6.03. The van der Waals surface area contributed by atoms with E-state index in [2.05, 4.69) is 10.1 Å². The quantitative estimate of drug-likeness (QED) is 0.681. The van der Waals surface area contributed by atoms with Gasteiger partial charge in [0.15, 0.2) is 11.5 Å². The first-order chi connectivity index (χ1) is 15.5. The molecule has 2 aromatic carbocycles. The van der Waals surface area contributed by atoms with Crippen LogP contribution in [0.1, 0.15) is 48.9 Å². The van der Waals surface area contributed by atoms with E-state index < -0.39 is 18.6 Å². The second kappa shape index (κ2) is 9.97. The van der Waals surface area contributed by atoms with Crippen molar-refractivity contribution in [2.45, 2.75) is 57.3 Å². The lowest BCUT2D eigenvalue weighted by atomic mass is 10.0. The van der Waals surface area contributed by atoms with Gasteiger partial charge < -0.3 is 19.7 Å². The maximum Gasteiger partial charge on any atom is 0.387 e. The Labute approximate surface area is 185 Å². The van der Waals surface area contributed by atoms with Gasteiger partial charge in [-0.2, -0.15) is 8.78 Å². The summed E-state index contributed by atoms with van der Waals surface area (Å²) in [4.78, 5) is 27.5. The highest BCUT2D eigenvalue weighted by Gasteiger charge is 2.31. The third-order valence-electron chi connectivity index (χ3n) is 5.83. The van der Waals surface area contributed by atoms with Crippen molar-refractivity contribution in [1.82, 2.24) is 5.32 Å². The first-order valence-corrected chi connectivity index (χ1v) is 10.9. The molecule has 0 bridgehead atoms. The van der Waals surface area contributed by atoms with Gasteiger partial charge in [-0.05, 0) is 68.9 Å². The maximum atomic E-state index is 12.9. The normalized spacial score (nSPS) is 19.3. The predicted octanol–water partition coefficient (Wildman–Crippen LogP) is 4.53. The number of nitrogens with zero attached hydrogens (tertiary/aromatic N) is 1. The van der Waals surface area contributed by atoms with Gasteiger partial charge in [-0.15, -0.1) is 0 Å². The number of carbonyl (C=O) groups is 2. The molecule has 2 aromatic rings. The lowest BCUT2D eigenvalue weighted by molar-refractivity contribution is -0.121. The molecule has 170 valence electrons. The number of hydrogen-bond donors (Lipinski definition) is 1. The monoisotopic (exact) mass is 444 g/mol. The number of anilines is 1. The molecule has 32 heavy (non-hydrogen) atoms. The number of nitrogens with one attached hydrogen (secondary N) is 1. The predicted molar refractivity (Wildman–Crippen MR) is 115 cm³/mol. The number of alkyl halides is 2. The number of benzene rings is 2. The van der Waals surface area contributed by atoms with Gasteiger partial charge in [0.1, 0.15) is 6.04 Å². The smallest absolute Gasteiger partial charge is 0.387 e. The molecule has 2 aliphatic rings. The lowest BCUT2D eigenvalue weighted by Crippen LogP contribution is -2.52. The van der Waals surface area contributed by atoms with Gasteiger partial charge in [-0.3, -0.25) is 9.59 Å². The molecule has 6 nitrogen and oxygen atoms in total. The van der Waals surface area contributed by atoms with Crippen LogP contribution < -0.4 is 19.7 Å². The number of halogens is 2. The van der Waals surface area contributed by atoms with Crippen LogP contribution in [0.4, 0.5) is 14.5 Å². The summed E-state index contributed by atoms with van der Waals surface area (Å²) in [5.74, 6) is -0.618. The molecule has 1 saturated heterocycles. The summed E-state index contributed by atoms with van der Waals surface area (Å²) in [6.45, 7) is -2.40. The zero-order valence-corrected chi connectivity index (χ0v) is 17.6. The summed E-state index contributed by atoms with van der Waals surface area (Å²) in [5, 5.41) is 2.79. The van der Waals surface area contributed by atoms with Gasteiger partial charge in [0.25, 0.3) is 5.91 Å². The Balaban J connectivity index is 1.49. The minimum absolute atomic E-state index is 0.0901. The van der Waals surface area contributed by atoms with Crippen LogP contribution in [0.25, 0.3) is 0 Å². The van der Waals surface area contributed by atoms with Crippen LogP contribution >= 0.6 is 0 Å². The SMILES string of the molecule is O=C(N[C@H]1CCCN(c2ccccc2)C1=O)c1ccc(OC(F)F)c(OC2CCCC2)c1. The number of ether oxygens (including phenoxy) is 2. The molecule has 1 aliphatic heterocycles. The average molecular weight is 444 g/mol. The van der Waals surface area contributed by atoms with Gasteiger partial charge in [0, 0.05) is 17.8 Å². The van der Waals surface area contributed by atoms with E-state index in [1.54, 1.807) is 4.90 Å². The zero-order chi connectivity index (χ0) is 22.5. The summed E-state index contributed by atoms with van der Waals surface area (Å²) >= 11 is 0. The number of amides is 2. The second-order valence-corrected chi connectivity index (χ2v) is 8.06. The van der Waals surface area contributed by atoms with Crippen molar-refractivity contribution in [3.63, 3.8) is 0 Å². The molecule has 0 spiro atoms. The van der Waals surface area contributed by atoms with Crippen LogP contribution in [0.5, 0.6) is 11.5 Å². The van der Waals surface area contributed by atoms with Crippen LogP contribution in [0.15, 0.2) is 48.5 Å². The van der Waals surface area contributed by atoms with Crippen molar-refractivity contribution in [2.24, 2.45) is 0 Å². The van der Waals surface area contributed by atoms with Crippen LogP contribution in [-0.4, -0.2) is 37.1 Å². The van der Waals surface area contributed by atoms with Crippen LogP contribution in [-0.2, 0) is 4.79 Å². The van der Waals surface area contributed by atoms with Crippen molar-refractivity contribution in [3.05, 3.63) is 54.1 Å². The Morgan fingerprint density at radius 2 is 1.75 bits per heavy atom. The summed E-state index contributed by atoms with van der Waals surface area (Å²) in [6, 6.07) is 12.8. The molecular formula is C24H26F2N2O4. The van der Waals surface area contributed by atoms with Crippen molar-refractivity contribution in [1.29, 1.82) is 0 Å². The van der Waals surface area contributed by atoms with Crippen molar-refractivity contribution in [3.8, 4) is 11.5 Å². The molecular weight excluding hydrogens is 418 g/mol. The maximum absolute atomic E-state index is 12.9. The highest BCUT2D eigenvalue weighted by Crippen LogP contribution is 2.34. The first-order valence-electron chi connectivity index (χ1n) is 10.9.